The molecule has 1 heterocycles. The Morgan fingerprint density at radius 1 is 0.974 bits per heavy atom. The SMILES string of the molecule is CN(C)c1cccc(CNC[C@@H](O)[C@H](Cc2ccccc2)NC(=O)C2=NN(Cc3ccccc3)C(=O)C2)c1. The molecule has 2 amide bonds. The second-order valence-electron chi connectivity index (χ2n) is 9.69. The maximum absolute atomic E-state index is 13.1. The molecule has 0 saturated carbocycles. The van der Waals surface area contributed by atoms with Gasteiger partial charge in [0.15, 0.2) is 0 Å². The molecule has 0 fully saturated rings. The highest BCUT2D eigenvalue weighted by molar-refractivity contribution is 6.43. The zero-order valence-corrected chi connectivity index (χ0v) is 21.9. The first kappa shape index (κ1) is 27.0. The van der Waals surface area contributed by atoms with Crippen molar-refractivity contribution >= 4 is 23.2 Å². The van der Waals surface area contributed by atoms with Crippen LogP contribution in [0, 0.1) is 0 Å². The summed E-state index contributed by atoms with van der Waals surface area (Å²) in [4.78, 5) is 27.7. The number of nitrogens with one attached hydrogen (secondary N) is 2. The molecule has 3 aromatic rings. The largest absolute Gasteiger partial charge is 0.390 e. The van der Waals surface area contributed by atoms with Gasteiger partial charge in [0.25, 0.3) is 5.91 Å². The molecule has 0 bridgehead atoms. The lowest BCUT2D eigenvalue weighted by Crippen LogP contribution is -2.50. The van der Waals surface area contributed by atoms with E-state index in [0.717, 1.165) is 22.4 Å². The van der Waals surface area contributed by atoms with E-state index in [2.05, 4.69) is 21.8 Å². The van der Waals surface area contributed by atoms with Crippen LogP contribution in [-0.2, 0) is 29.1 Å². The second kappa shape index (κ2) is 13.0. The van der Waals surface area contributed by atoms with Gasteiger partial charge in [0, 0.05) is 32.9 Å². The highest BCUT2D eigenvalue weighted by Gasteiger charge is 2.31. The Morgan fingerprint density at radius 2 is 1.63 bits per heavy atom. The van der Waals surface area contributed by atoms with E-state index >= 15 is 0 Å². The van der Waals surface area contributed by atoms with Crippen molar-refractivity contribution in [1.29, 1.82) is 0 Å². The van der Waals surface area contributed by atoms with Crippen molar-refractivity contribution in [2.45, 2.75) is 38.1 Å². The highest BCUT2D eigenvalue weighted by Crippen LogP contribution is 2.15. The molecule has 0 radical (unpaired) electrons. The Bertz CT molecular complexity index is 1250. The number of aliphatic hydroxyl groups excluding tert-OH is 1. The molecule has 0 aromatic heterocycles. The quantitative estimate of drug-likeness (QED) is 0.346. The lowest BCUT2D eigenvalue weighted by atomic mass is 10.0. The molecule has 4 rings (SSSR count). The zero-order chi connectivity index (χ0) is 26.9. The first-order chi connectivity index (χ1) is 18.4. The summed E-state index contributed by atoms with van der Waals surface area (Å²) in [5.74, 6) is -0.659. The fraction of sp³-hybridized carbons (Fsp3) is 0.300. The van der Waals surface area contributed by atoms with Gasteiger partial charge >= 0.3 is 0 Å². The third-order valence-corrected chi connectivity index (χ3v) is 6.47. The minimum absolute atomic E-state index is 0.0622. The topological polar surface area (TPSA) is 97.3 Å². The Morgan fingerprint density at radius 3 is 2.32 bits per heavy atom. The van der Waals surface area contributed by atoms with Crippen molar-refractivity contribution in [3.05, 3.63) is 102 Å². The first-order valence-corrected chi connectivity index (χ1v) is 12.8. The van der Waals surface area contributed by atoms with E-state index in [9.17, 15) is 14.7 Å². The van der Waals surface area contributed by atoms with Crippen LogP contribution in [0.1, 0.15) is 23.1 Å². The molecule has 8 nitrogen and oxygen atoms in total. The molecule has 3 aromatic carbocycles. The molecular formula is C30H35N5O3. The van der Waals surface area contributed by atoms with E-state index < -0.39 is 18.1 Å². The van der Waals surface area contributed by atoms with E-state index in [-0.39, 0.29) is 24.6 Å². The molecule has 38 heavy (non-hydrogen) atoms. The van der Waals surface area contributed by atoms with E-state index in [1.807, 2.05) is 97.9 Å². The van der Waals surface area contributed by atoms with Gasteiger partial charge < -0.3 is 20.6 Å². The maximum Gasteiger partial charge on any atom is 0.268 e. The maximum atomic E-state index is 13.1. The summed E-state index contributed by atoms with van der Waals surface area (Å²) >= 11 is 0. The number of aliphatic hydroxyl groups is 1. The lowest BCUT2D eigenvalue weighted by molar-refractivity contribution is -0.129. The Kier molecular flexibility index (Phi) is 9.24. The second-order valence-corrected chi connectivity index (χ2v) is 9.69. The van der Waals surface area contributed by atoms with Crippen LogP contribution < -0.4 is 15.5 Å². The normalized spacial score (nSPS) is 14.7. The third-order valence-electron chi connectivity index (χ3n) is 6.47. The number of hydrazone groups is 1. The van der Waals surface area contributed by atoms with Gasteiger partial charge in [-0.25, -0.2) is 5.01 Å². The summed E-state index contributed by atoms with van der Waals surface area (Å²) in [6.45, 7) is 1.18. The van der Waals surface area contributed by atoms with E-state index in [4.69, 9.17) is 0 Å². The fourth-order valence-corrected chi connectivity index (χ4v) is 4.33. The van der Waals surface area contributed by atoms with Gasteiger partial charge in [-0.05, 0) is 35.2 Å². The van der Waals surface area contributed by atoms with Gasteiger partial charge in [-0.1, -0.05) is 72.8 Å². The number of amides is 2. The van der Waals surface area contributed by atoms with Crippen LogP contribution in [0.2, 0.25) is 0 Å². The van der Waals surface area contributed by atoms with Crippen LogP contribution in [0.3, 0.4) is 0 Å². The minimum atomic E-state index is -0.852. The number of carbonyl (C=O) groups excluding carboxylic acids is 2. The Balaban J connectivity index is 1.40. The molecule has 198 valence electrons. The van der Waals surface area contributed by atoms with Crippen molar-refractivity contribution in [3.63, 3.8) is 0 Å². The third kappa shape index (κ3) is 7.50. The number of hydrogen-bond acceptors (Lipinski definition) is 6. The van der Waals surface area contributed by atoms with Crippen LogP contribution in [0.4, 0.5) is 5.69 Å². The molecule has 0 unspecified atom stereocenters. The van der Waals surface area contributed by atoms with Gasteiger partial charge in [-0.3, -0.25) is 9.59 Å². The molecule has 1 aliphatic rings. The fourth-order valence-electron chi connectivity index (χ4n) is 4.33. The Labute approximate surface area is 224 Å². The van der Waals surface area contributed by atoms with E-state index in [1.54, 1.807) is 0 Å². The predicted octanol–water partition coefficient (Wildman–Crippen LogP) is 2.72. The van der Waals surface area contributed by atoms with E-state index in [0.29, 0.717) is 19.5 Å². The summed E-state index contributed by atoms with van der Waals surface area (Å²) in [6, 6.07) is 26.9. The summed E-state index contributed by atoms with van der Waals surface area (Å²) < 4.78 is 0. The van der Waals surface area contributed by atoms with Gasteiger partial charge in [0.05, 0.1) is 25.1 Å². The molecule has 0 aliphatic carbocycles. The van der Waals surface area contributed by atoms with Crippen LogP contribution in [0.5, 0.6) is 0 Å². The van der Waals surface area contributed by atoms with Crippen LogP contribution in [0.25, 0.3) is 0 Å². The van der Waals surface area contributed by atoms with Crippen LogP contribution in [-0.4, -0.2) is 60.4 Å². The minimum Gasteiger partial charge on any atom is -0.390 e. The molecule has 0 spiro atoms. The lowest BCUT2D eigenvalue weighted by Gasteiger charge is -2.25. The number of anilines is 1. The van der Waals surface area contributed by atoms with Crippen molar-refractivity contribution in [2.24, 2.45) is 5.10 Å². The summed E-state index contributed by atoms with van der Waals surface area (Å²) in [5.41, 5.74) is 4.29. The molecule has 3 N–H and O–H groups in total. The standard InChI is InChI=1S/C30H35N5O3/c1-34(2)25-15-9-14-24(16-25)19-31-20-28(36)26(17-22-10-5-3-6-11-22)32-30(38)27-18-29(37)35(33-27)21-23-12-7-4-8-13-23/h3-16,26,28,31,36H,17-21H2,1-2H3,(H,32,38)/t26-,28+/m0/s1. The monoisotopic (exact) mass is 513 g/mol. The molecular weight excluding hydrogens is 478 g/mol. The van der Waals surface area contributed by atoms with Gasteiger partial charge in [0.2, 0.25) is 5.91 Å². The average Bonchev–Trinajstić information content (AvgIpc) is 3.29. The van der Waals surface area contributed by atoms with Gasteiger partial charge in [0.1, 0.15) is 5.71 Å². The highest BCUT2D eigenvalue weighted by atomic mass is 16.3. The molecule has 1 aliphatic heterocycles. The molecule has 0 saturated heterocycles. The molecule has 2 atom stereocenters. The Hall–Kier alpha value is -4.01. The van der Waals surface area contributed by atoms with Crippen LogP contribution >= 0.6 is 0 Å². The van der Waals surface area contributed by atoms with Crippen molar-refractivity contribution in [1.82, 2.24) is 15.6 Å². The number of rotatable bonds is 12. The van der Waals surface area contributed by atoms with Gasteiger partial charge in [-0.15, -0.1) is 0 Å². The number of nitrogens with zero attached hydrogens (tertiary/aromatic N) is 3. The van der Waals surface area contributed by atoms with E-state index in [1.165, 1.54) is 5.01 Å². The number of benzene rings is 3. The summed E-state index contributed by atoms with van der Waals surface area (Å²) in [7, 11) is 3.99. The number of hydrogen-bond donors (Lipinski definition) is 3. The summed E-state index contributed by atoms with van der Waals surface area (Å²) in [6.07, 6.45) is -0.470. The van der Waals surface area contributed by atoms with Gasteiger partial charge in [-0.2, -0.15) is 5.10 Å². The smallest absolute Gasteiger partial charge is 0.268 e. The number of carbonyl (C=O) groups is 2. The zero-order valence-electron chi connectivity index (χ0n) is 21.9. The van der Waals surface area contributed by atoms with Crippen molar-refractivity contribution in [2.75, 3.05) is 25.5 Å². The predicted molar refractivity (Wildman–Crippen MR) is 150 cm³/mol. The van der Waals surface area contributed by atoms with Crippen LogP contribution in [0.15, 0.2) is 90.0 Å². The summed E-state index contributed by atoms with van der Waals surface area (Å²) in [5, 5.41) is 22.9. The van der Waals surface area contributed by atoms with Crippen molar-refractivity contribution in [3.8, 4) is 0 Å². The van der Waals surface area contributed by atoms with Crippen molar-refractivity contribution < 1.29 is 14.7 Å². The molecule has 8 heteroatoms. The average molecular weight is 514 g/mol. The first-order valence-electron chi connectivity index (χ1n) is 12.8.